The Kier molecular flexibility index (Phi) is 7.70. The SMILES string of the molecule is CC(NC(=O)C(c1cncc(F)c1)N(C(=O)C1CC(C)(O)CN1C#N)c1ccc(S(F)(F)(F)(F)F)cc1)c1ccccc1. The van der Waals surface area contributed by atoms with Gasteiger partial charge in [-0.3, -0.25) is 24.4 Å². The fourth-order valence-electron chi connectivity index (χ4n) is 4.94. The van der Waals surface area contributed by atoms with Gasteiger partial charge in [0.25, 0.3) is 5.91 Å². The smallest absolute Gasteiger partial charge is 0.310 e. The van der Waals surface area contributed by atoms with Crippen molar-refractivity contribution in [2.45, 2.75) is 48.9 Å². The standard InChI is InChI=1S/C28H27F6N5O3S/c1-18(19-6-4-3-5-7-19)37-26(40)25(20-12-21(29)15-36-14-20)39(27(41)24-13-28(2,42)16-38(24)17-35)22-8-10-23(11-9-22)43(30,31,32,33)34/h3-12,14-15,18,24-25,42H,13,16H2,1-2H3,(H,37,40). The van der Waals surface area contributed by atoms with Gasteiger partial charge in [-0.2, -0.15) is 5.26 Å². The van der Waals surface area contributed by atoms with Crippen molar-refractivity contribution in [2.24, 2.45) is 0 Å². The number of anilines is 1. The third-order valence-electron chi connectivity index (χ3n) is 6.94. The summed E-state index contributed by atoms with van der Waals surface area (Å²) in [6.45, 7) is 2.70. The molecule has 0 spiro atoms. The average Bonchev–Trinajstić information content (AvgIpc) is 3.25. The second kappa shape index (κ2) is 10.5. The second-order valence-corrected chi connectivity index (χ2v) is 13.0. The zero-order chi connectivity index (χ0) is 31.9. The summed E-state index contributed by atoms with van der Waals surface area (Å²) >= 11 is 0. The van der Waals surface area contributed by atoms with Crippen LogP contribution in [-0.4, -0.2) is 45.0 Å². The van der Waals surface area contributed by atoms with Gasteiger partial charge in [-0.15, -0.1) is 0 Å². The number of aromatic nitrogens is 1. The normalized spacial score (nSPS) is 21.6. The molecule has 2 N–H and O–H groups in total. The van der Waals surface area contributed by atoms with Gasteiger partial charge < -0.3 is 10.4 Å². The van der Waals surface area contributed by atoms with Crippen LogP contribution in [0.25, 0.3) is 0 Å². The molecule has 8 nitrogen and oxygen atoms in total. The van der Waals surface area contributed by atoms with Crippen molar-refractivity contribution >= 4 is 27.7 Å². The first-order chi connectivity index (χ1) is 19.8. The van der Waals surface area contributed by atoms with Crippen LogP contribution < -0.4 is 10.2 Å². The molecular formula is C28H27F6N5O3S. The topological polar surface area (TPSA) is 110 Å². The zero-order valence-electron chi connectivity index (χ0n) is 22.8. The van der Waals surface area contributed by atoms with E-state index in [9.17, 15) is 43.8 Å². The first-order valence-electron chi connectivity index (χ1n) is 12.8. The number of nitriles is 1. The summed E-state index contributed by atoms with van der Waals surface area (Å²) in [5.74, 6) is -2.85. The Bertz CT molecular complexity index is 1570. The summed E-state index contributed by atoms with van der Waals surface area (Å²) in [5.41, 5.74) is -1.52. The Balaban J connectivity index is 1.88. The second-order valence-electron chi connectivity index (χ2n) is 10.6. The molecule has 0 saturated carbocycles. The van der Waals surface area contributed by atoms with Crippen molar-refractivity contribution < 1.29 is 38.5 Å². The summed E-state index contributed by atoms with van der Waals surface area (Å²) in [6.07, 6.45) is 3.36. The minimum absolute atomic E-state index is 0.0788. The Morgan fingerprint density at radius 2 is 1.72 bits per heavy atom. The Morgan fingerprint density at radius 3 is 2.28 bits per heavy atom. The van der Waals surface area contributed by atoms with E-state index in [1.54, 1.807) is 43.4 Å². The van der Waals surface area contributed by atoms with Crippen LogP contribution in [0.2, 0.25) is 0 Å². The average molecular weight is 628 g/mol. The molecule has 4 atom stereocenters. The molecule has 4 unspecified atom stereocenters. The van der Waals surface area contributed by atoms with E-state index in [4.69, 9.17) is 0 Å². The highest BCUT2D eigenvalue weighted by molar-refractivity contribution is 8.45. The molecule has 0 aliphatic carbocycles. The van der Waals surface area contributed by atoms with Crippen LogP contribution in [0.4, 0.5) is 29.5 Å². The summed E-state index contributed by atoms with van der Waals surface area (Å²) in [6, 6.07) is 6.93. The highest BCUT2D eigenvalue weighted by Gasteiger charge is 2.65. The molecule has 1 saturated heterocycles. The van der Waals surface area contributed by atoms with Crippen LogP contribution in [0.5, 0.6) is 0 Å². The van der Waals surface area contributed by atoms with Crippen LogP contribution >= 0.6 is 10.2 Å². The van der Waals surface area contributed by atoms with E-state index in [0.29, 0.717) is 22.6 Å². The molecule has 1 aliphatic heterocycles. The van der Waals surface area contributed by atoms with Gasteiger partial charge in [-0.05, 0) is 49.7 Å². The number of hydrogen-bond donors (Lipinski definition) is 2. The van der Waals surface area contributed by atoms with E-state index < -0.39 is 62.2 Å². The van der Waals surface area contributed by atoms with E-state index in [2.05, 4.69) is 10.3 Å². The molecule has 1 aliphatic rings. The number of pyridine rings is 1. The van der Waals surface area contributed by atoms with Crippen molar-refractivity contribution in [3.63, 3.8) is 0 Å². The van der Waals surface area contributed by atoms with Gasteiger partial charge >= 0.3 is 10.2 Å². The number of nitrogens with one attached hydrogen (secondary N) is 1. The first-order valence-corrected chi connectivity index (χ1v) is 14.8. The van der Waals surface area contributed by atoms with Crippen LogP contribution in [0.1, 0.15) is 43.5 Å². The van der Waals surface area contributed by atoms with Crippen molar-refractivity contribution in [3.05, 3.63) is 90.0 Å². The van der Waals surface area contributed by atoms with Gasteiger partial charge in [-0.1, -0.05) is 49.8 Å². The maximum atomic E-state index is 14.4. The largest absolute Gasteiger partial charge is 0.388 e. The number of rotatable bonds is 8. The molecule has 0 radical (unpaired) electrons. The summed E-state index contributed by atoms with van der Waals surface area (Å²) in [5, 5.41) is 22.9. The van der Waals surface area contributed by atoms with Crippen LogP contribution in [0.3, 0.4) is 0 Å². The minimum Gasteiger partial charge on any atom is -0.388 e. The lowest BCUT2D eigenvalue weighted by molar-refractivity contribution is -0.128. The number of β-amino-alcohol motifs (C(OH)–C–C–N with tert-alkyl or cyclic N) is 1. The molecular weight excluding hydrogens is 600 g/mol. The van der Waals surface area contributed by atoms with Crippen LogP contribution in [-0.2, 0) is 9.59 Å². The van der Waals surface area contributed by atoms with Gasteiger partial charge in [0.2, 0.25) is 5.91 Å². The molecule has 15 heteroatoms. The summed E-state index contributed by atoms with van der Waals surface area (Å²) in [4.78, 5) is 31.2. The fourth-order valence-corrected chi connectivity index (χ4v) is 5.59. The lowest BCUT2D eigenvalue weighted by Gasteiger charge is -2.41. The summed E-state index contributed by atoms with van der Waals surface area (Å²) < 4.78 is 81.9. The van der Waals surface area contributed by atoms with Crippen molar-refractivity contribution in [3.8, 4) is 6.19 Å². The number of likely N-dealkylation sites (tertiary alicyclic amines) is 1. The van der Waals surface area contributed by atoms with Gasteiger partial charge in [-0.25, -0.2) is 4.39 Å². The Labute approximate surface area is 243 Å². The van der Waals surface area contributed by atoms with Crippen LogP contribution in [0, 0.1) is 17.3 Å². The van der Waals surface area contributed by atoms with Gasteiger partial charge in [0, 0.05) is 23.9 Å². The molecule has 1 fully saturated rings. The molecule has 43 heavy (non-hydrogen) atoms. The van der Waals surface area contributed by atoms with E-state index in [-0.39, 0.29) is 30.7 Å². The highest BCUT2D eigenvalue weighted by atomic mass is 32.5. The molecule has 230 valence electrons. The molecule has 2 amide bonds. The maximum absolute atomic E-state index is 14.4. The maximum Gasteiger partial charge on any atom is 0.310 e. The third-order valence-corrected chi connectivity index (χ3v) is 8.10. The molecule has 2 aromatic carbocycles. The molecule has 1 aromatic heterocycles. The highest BCUT2D eigenvalue weighted by Crippen LogP contribution is 3.02. The fraction of sp³-hybridized carbons (Fsp3) is 0.286. The predicted molar refractivity (Wildman–Crippen MR) is 147 cm³/mol. The quantitative estimate of drug-likeness (QED) is 0.230. The summed E-state index contributed by atoms with van der Waals surface area (Å²) in [7, 11) is -10.1. The number of hydrogen-bond acceptors (Lipinski definition) is 6. The van der Waals surface area contributed by atoms with Crippen LogP contribution in [0.15, 0.2) is 78.0 Å². The minimum atomic E-state index is -10.1. The monoisotopic (exact) mass is 627 g/mol. The molecule has 0 bridgehead atoms. The van der Waals surface area contributed by atoms with E-state index in [1.165, 1.54) is 6.92 Å². The van der Waals surface area contributed by atoms with E-state index >= 15 is 0 Å². The molecule has 4 rings (SSSR count). The molecule has 3 aromatic rings. The Hall–Kier alpha value is -4.29. The van der Waals surface area contributed by atoms with Crippen molar-refractivity contribution in [1.29, 1.82) is 5.26 Å². The number of halogens is 6. The number of aliphatic hydroxyl groups is 1. The van der Waals surface area contributed by atoms with E-state index in [0.717, 1.165) is 23.4 Å². The number of amides is 2. The van der Waals surface area contributed by atoms with Crippen molar-refractivity contribution in [1.82, 2.24) is 15.2 Å². The first kappa shape index (κ1) is 31.6. The number of carbonyl (C=O) groups excluding carboxylic acids is 2. The van der Waals surface area contributed by atoms with Gasteiger partial charge in [0.05, 0.1) is 24.4 Å². The number of nitrogens with zero attached hydrogens (tertiary/aromatic N) is 4. The number of carbonyl (C=O) groups is 2. The van der Waals surface area contributed by atoms with E-state index in [1.807, 2.05) is 0 Å². The lowest BCUT2D eigenvalue weighted by Crippen LogP contribution is -2.50. The molecule has 2 heterocycles. The third kappa shape index (κ3) is 7.20. The Morgan fingerprint density at radius 1 is 1.09 bits per heavy atom. The predicted octanol–water partition coefficient (Wildman–Crippen LogP) is 6.14. The zero-order valence-corrected chi connectivity index (χ0v) is 23.6. The van der Waals surface area contributed by atoms with Gasteiger partial charge in [0.15, 0.2) is 6.19 Å². The number of benzene rings is 2. The van der Waals surface area contributed by atoms with Crippen molar-refractivity contribution in [2.75, 3.05) is 11.4 Å². The van der Waals surface area contributed by atoms with Gasteiger partial charge in [0.1, 0.15) is 22.8 Å². The lowest BCUT2D eigenvalue weighted by atomic mass is 9.99.